The molecule has 1 unspecified atom stereocenters. The van der Waals surface area contributed by atoms with Gasteiger partial charge in [0.25, 0.3) is 0 Å². The molecule has 0 spiro atoms. The minimum absolute atomic E-state index is 0.0792. The van der Waals surface area contributed by atoms with Gasteiger partial charge >= 0.3 is 0 Å². The lowest BCUT2D eigenvalue weighted by Crippen LogP contribution is -2.49. The van der Waals surface area contributed by atoms with E-state index in [-0.39, 0.29) is 17.6 Å². The number of benzene rings is 1. The molecule has 5 nitrogen and oxygen atoms in total. The minimum Gasteiger partial charge on any atom is -0.381 e. The second kappa shape index (κ2) is 8.74. The summed E-state index contributed by atoms with van der Waals surface area (Å²) in [6, 6.07) is 6.23. The maximum Gasteiger partial charge on any atom is 0.239 e. The van der Waals surface area contributed by atoms with Gasteiger partial charge in [0, 0.05) is 45.9 Å². The van der Waals surface area contributed by atoms with Crippen molar-refractivity contribution >= 4 is 5.91 Å². The van der Waals surface area contributed by atoms with Gasteiger partial charge in [0.15, 0.2) is 0 Å². The molecule has 2 aliphatic rings. The number of rotatable bonds is 4. The molecule has 0 aliphatic carbocycles. The molecule has 2 saturated heterocycles. The topological polar surface area (TPSA) is 58.8 Å². The lowest BCUT2D eigenvalue weighted by Gasteiger charge is -2.31. The molecule has 6 heteroatoms. The predicted molar refractivity (Wildman–Crippen MR) is 94.4 cm³/mol. The molecule has 0 radical (unpaired) electrons. The summed E-state index contributed by atoms with van der Waals surface area (Å²) in [6.45, 7) is 5.42. The third-order valence-corrected chi connectivity index (χ3v) is 5.28. The standard InChI is InChI=1S/C19H28FN3O2/c20-17-4-2-15(3-5-17)14-22-8-1-9-23(11-10-22)19(24)18(21)16-6-12-25-13-7-16/h2-5,16,18H,1,6-14,21H2. The Morgan fingerprint density at radius 3 is 2.60 bits per heavy atom. The maximum atomic E-state index is 13.0. The number of nitrogens with zero attached hydrogens (tertiary/aromatic N) is 2. The van der Waals surface area contributed by atoms with Crippen LogP contribution >= 0.6 is 0 Å². The lowest BCUT2D eigenvalue weighted by molar-refractivity contribution is -0.134. The molecule has 0 bridgehead atoms. The normalized spacial score (nSPS) is 21.8. The molecule has 138 valence electrons. The van der Waals surface area contributed by atoms with E-state index in [4.69, 9.17) is 10.5 Å². The van der Waals surface area contributed by atoms with Crippen LogP contribution in [0.4, 0.5) is 4.39 Å². The molecule has 2 fully saturated rings. The molecule has 2 heterocycles. The molecule has 0 saturated carbocycles. The summed E-state index contributed by atoms with van der Waals surface area (Å²) >= 11 is 0. The highest BCUT2D eigenvalue weighted by atomic mass is 19.1. The molecular weight excluding hydrogens is 321 g/mol. The zero-order valence-corrected chi connectivity index (χ0v) is 14.7. The van der Waals surface area contributed by atoms with Crippen LogP contribution in [-0.4, -0.2) is 61.1 Å². The van der Waals surface area contributed by atoms with E-state index in [2.05, 4.69) is 4.90 Å². The highest BCUT2D eigenvalue weighted by Crippen LogP contribution is 2.20. The number of hydrogen-bond donors (Lipinski definition) is 1. The second-order valence-electron chi connectivity index (χ2n) is 7.06. The molecule has 3 rings (SSSR count). The van der Waals surface area contributed by atoms with Crippen LogP contribution in [0.25, 0.3) is 0 Å². The Morgan fingerprint density at radius 2 is 1.88 bits per heavy atom. The van der Waals surface area contributed by atoms with Crippen molar-refractivity contribution in [1.29, 1.82) is 0 Å². The van der Waals surface area contributed by atoms with E-state index in [1.165, 1.54) is 12.1 Å². The molecule has 1 atom stereocenters. The summed E-state index contributed by atoms with van der Waals surface area (Å²) in [5.41, 5.74) is 7.35. The monoisotopic (exact) mass is 349 g/mol. The quantitative estimate of drug-likeness (QED) is 0.897. The van der Waals surface area contributed by atoms with Crippen molar-refractivity contribution in [2.75, 3.05) is 39.4 Å². The fourth-order valence-electron chi connectivity index (χ4n) is 3.68. The van der Waals surface area contributed by atoms with Gasteiger partial charge in [-0.3, -0.25) is 9.69 Å². The van der Waals surface area contributed by atoms with Gasteiger partial charge in [-0.1, -0.05) is 12.1 Å². The van der Waals surface area contributed by atoms with Crippen LogP contribution in [0.15, 0.2) is 24.3 Å². The Hall–Kier alpha value is -1.50. The van der Waals surface area contributed by atoms with Crippen LogP contribution < -0.4 is 5.73 Å². The molecule has 0 aromatic heterocycles. The van der Waals surface area contributed by atoms with Gasteiger partial charge in [0.2, 0.25) is 5.91 Å². The fraction of sp³-hybridized carbons (Fsp3) is 0.632. The highest BCUT2D eigenvalue weighted by molar-refractivity contribution is 5.82. The van der Waals surface area contributed by atoms with Crippen molar-refractivity contribution in [2.45, 2.75) is 31.8 Å². The zero-order valence-electron chi connectivity index (χ0n) is 14.7. The number of hydrogen-bond acceptors (Lipinski definition) is 4. The van der Waals surface area contributed by atoms with Crippen LogP contribution in [0, 0.1) is 11.7 Å². The molecule has 2 N–H and O–H groups in total. The number of carbonyl (C=O) groups is 1. The fourth-order valence-corrected chi connectivity index (χ4v) is 3.68. The second-order valence-corrected chi connectivity index (χ2v) is 7.06. The average Bonchev–Trinajstić information content (AvgIpc) is 2.89. The molecule has 2 aliphatic heterocycles. The zero-order chi connectivity index (χ0) is 17.6. The van der Waals surface area contributed by atoms with E-state index in [9.17, 15) is 9.18 Å². The van der Waals surface area contributed by atoms with Crippen molar-refractivity contribution in [1.82, 2.24) is 9.80 Å². The van der Waals surface area contributed by atoms with Gasteiger partial charge < -0.3 is 15.4 Å². The number of carbonyl (C=O) groups excluding carboxylic acids is 1. The van der Waals surface area contributed by atoms with Crippen molar-refractivity contribution in [3.8, 4) is 0 Å². The smallest absolute Gasteiger partial charge is 0.239 e. The van der Waals surface area contributed by atoms with E-state index >= 15 is 0 Å². The van der Waals surface area contributed by atoms with Gasteiger partial charge in [-0.05, 0) is 42.9 Å². The molecule has 25 heavy (non-hydrogen) atoms. The third kappa shape index (κ3) is 5.00. The summed E-state index contributed by atoms with van der Waals surface area (Å²) in [6.07, 6.45) is 2.68. The summed E-state index contributed by atoms with van der Waals surface area (Å²) in [5.74, 6) is 0.105. The Labute approximate surface area is 148 Å². The van der Waals surface area contributed by atoms with Crippen molar-refractivity contribution < 1.29 is 13.9 Å². The number of amides is 1. The van der Waals surface area contributed by atoms with Crippen molar-refractivity contribution in [3.05, 3.63) is 35.6 Å². The largest absolute Gasteiger partial charge is 0.381 e. The number of halogens is 1. The van der Waals surface area contributed by atoms with Gasteiger partial charge in [0.05, 0.1) is 6.04 Å². The first-order valence-electron chi connectivity index (χ1n) is 9.22. The van der Waals surface area contributed by atoms with Gasteiger partial charge in [-0.15, -0.1) is 0 Å². The SMILES string of the molecule is NC(C(=O)N1CCCN(Cc2ccc(F)cc2)CC1)C1CCOCC1. The van der Waals surface area contributed by atoms with E-state index in [1.807, 2.05) is 17.0 Å². The summed E-state index contributed by atoms with van der Waals surface area (Å²) in [4.78, 5) is 17.0. The summed E-state index contributed by atoms with van der Waals surface area (Å²) < 4.78 is 18.4. The van der Waals surface area contributed by atoms with Crippen LogP contribution in [-0.2, 0) is 16.1 Å². The summed E-state index contributed by atoms with van der Waals surface area (Å²) in [7, 11) is 0. The van der Waals surface area contributed by atoms with Gasteiger partial charge in [0.1, 0.15) is 5.82 Å². The van der Waals surface area contributed by atoms with Crippen LogP contribution in [0.5, 0.6) is 0 Å². The lowest BCUT2D eigenvalue weighted by atomic mass is 9.91. The minimum atomic E-state index is -0.410. The first-order chi connectivity index (χ1) is 12.1. The molecular formula is C19H28FN3O2. The van der Waals surface area contributed by atoms with Gasteiger partial charge in [-0.2, -0.15) is 0 Å². The van der Waals surface area contributed by atoms with E-state index in [0.717, 1.165) is 51.0 Å². The Bertz CT molecular complexity index is 560. The Kier molecular flexibility index (Phi) is 6.39. The van der Waals surface area contributed by atoms with Crippen LogP contribution in [0.2, 0.25) is 0 Å². The van der Waals surface area contributed by atoms with Crippen LogP contribution in [0.3, 0.4) is 0 Å². The summed E-state index contributed by atoms with van der Waals surface area (Å²) in [5, 5.41) is 0. The van der Waals surface area contributed by atoms with E-state index < -0.39 is 6.04 Å². The number of ether oxygens (including phenoxy) is 1. The van der Waals surface area contributed by atoms with Crippen molar-refractivity contribution in [2.24, 2.45) is 11.7 Å². The van der Waals surface area contributed by atoms with Crippen molar-refractivity contribution in [3.63, 3.8) is 0 Å². The first-order valence-corrected chi connectivity index (χ1v) is 9.22. The maximum absolute atomic E-state index is 13.0. The predicted octanol–water partition coefficient (Wildman–Crippen LogP) is 1.61. The first kappa shape index (κ1) is 18.3. The van der Waals surface area contributed by atoms with Crippen LogP contribution in [0.1, 0.15) is 24.8 Å². The molecule has 1 amide bonds. The Balaban J connectivity index is 1.51. The molecule has 1 aromatic carbocycles. The third-order valence-electron chi connectivity index (χ3n) is 5.28. The molecule has 1 aromatic rings. The number of nitrogens with two attached hydrogens (primary N) is 1. The Morgan fingerprint density at radius 1 is 1.16 bits per heavy atom. The van der Waals surface area contributed by atoms with E-state index in [1.54, 1.807) is 0 Å². The average molecular weight is 349 g/mol. The van der Waals surface area contributed by atoms with Gasteiger partial charge in [-0.25, -0.2) is 4.39 Å². The van der Waals surface area contributed by atoms with E-state index in [0.29, 0.717) is 19.8 Å². The highest BCUT2D eigenvalue weighted by Gasteiger charge is 2.30.